The Morgan fingerprint density at radius 2 is 0.836 bits per heavy atom. The zero-order valence-electron chi connectivity index (χ0n) is 33.6. The molecule has 0 N–H and O–H groups in total. The molecule has 2 aromatic heterocycles. The van der Waals surface area contributed by atoms with Gasteiger partial charge in [0.25, 0.3) is 0 Å². The summed E-state index contributed by atoms with van der Waals surface area (Å²) in [6.07, 6.45) is 6.26. The molecule has 0 unspecified atom stereocenters. The largest absolute Gasteiger partial charge is 0.135 e. The van der Waals surface area contributed by atoms with Crippen molar-refractivity contribution in [1.82, 2.24) is 0 Å². The third-order valence-electron chi connectivity index (χ3n) is 12.6. The quantitative estimate of drug-likeness (QED) is 0.116. The maximum Gasteiger partial charge on any atom is 0.0434 e. The minimum Gasteiger partial charge on any atom is -0.135 e. The molecule has 0 spiro atoms. The molecule has 2 heteroatoms. The minimum atomic E-state index is 1.23. The molecule has 0 atom stereocenters. The highest BCUT2D eigenvalue weighted by Gasteiger charge is 2.23. The van der Waals surface area contributed by atoms with Crippen LogP contribution in [0.4, 0.5) is 0 Å². The highest BCUT2D eigenvalue weighted by atomic mass is 32.1. The van der Waals surface area contributed by atoms with Crippen molar-refractivity contribution in [2.75, 3.05) is 0 Å². The predicted molar refractivity (Wildman–Crippen MR) is 270 cm³/mol. The van der Waals surface area contributed by atoms with E-state index in [9.17, 15) is 0 Å². The highest BCUT2D eigenvalue weighted by molar-refractivity contribution is 7.26. The topological polar surface area (TPSA) is 0 Å². The van der Waals surface area contributed by atoms with E-state index in [2.05, 4.69) is 208 Å². The lowest BCUT2D eigenvalue weighted by Gasteiger charge is -2.20. The summed E-state index contributed by atoms with van der Waals surface area (Å²) < 4.78 is 5.25. The lowest BCUT2D eigenvalue weighted by atomic mass is 9.83. The second-order valence-electron chi connectivity index (χ2n) is 15.9. The Hall–Kier alpha value is -7.10. The van der Waals surface area contributed by atoms with Gasteiger partial charge in [0.1, 0.15) is 0 Å². The summed E-state index contributed by atoms with van der Waals surface area (Å²) in [4.78, 5) is 0. The van der Waals surface area contributed by atoms with E-state index in [0.29, 0.717) is 0 Å². The molecular weight excluding hydrogens is 773 g/mol. The average Bonchev–Trinajstić information content (AvgIpc) is 3.89. The summed E-state index contributed by atoms with van der Waals surface area (Å²) in [5, 5.41) is 12.8. The highest BCUT2D eigenvalue weighted by Crippen LogP contribution is 2.51. The Balaban J connectivity index is 1.10. The maximum absolute atomic E-state index is 4.09. The van der Waals surface area contributed by atoms with E-state index in [1.54, 1.807) is 0 Å². The van der Waals surface area contributed by atoms with Crippen LogP contribution in [0.25, 0.3) is 123 Å². The van der Waals surface area contributed by atoms with Crippen molar-refractivity contribution in [2.24, 2.45) is 0 Å². The van der Waals surface area contributed by atoms with Gasteiger partial charge in [-0.25, -0.2) is 0 Å². The lowest BCUT2D eigenvalue weighted by molar-refractivity contribution is 1.47. The first kappa shape index (κ1) is 35.8. The Morgan fingerprint density at radius 3 is 1.44 bits per heavy atom. The minimum absolute atomic E-state index is 1.23. The zero-order valence-corrected chi connectivity index (χ0v) is 35.2. The fourth-order valence-electron chi connectivity index (χ4n) is 10.0. The number of thiophene rings is 2. The van der Waals surface area contributed by atoms with Gasteiger partial charge in [0.2, 0.25) is 0 Å². The second kappa shape index (κ2) is 14.3. The molecule has 12 aromatic rings. The summed E-state index contributed by atoms with van der Waals surface area (Å²) in [5.74, 6) is 0. The van der Waals surface area contributed by atoms with Gasteiger partial charge >= 0.3 is 0 Å². The Kier molecular flexibility index (Phi) is 8.38. The van der Waals surface area contributed by atoms with Gasteiger partial charge in [-0.1, -0.05) is 189 Å². The molecular formula is C59H38S2. The van der Waals surface area contributed by atoms with Crippen LogP contribution in [0.5, 0.6) is 0 Å². The van der Waals surface area contributed by atoms with Crippen molar-refractivity contribution >= 4 is 101 Å². The average molecular weight is 811 g/mol. The molecule has 0 bridgehead atoms. The van der Waals surface area contributed by atoms with Crippen LogP contribution in [-0.4, -0.2) is 0 Å². The molecule has 0 radical (unpaired) electrons. The maximum atomic E-state index is 4.09. The van der Waals surface area contributed by atoms with Gasteiger partial charge in [-0.05, 0) is 102 Å². The van der Waals surface area contributed by atoms with Crippen molar-refractivity contribution < 1.29 is 0 Å². The summed E-state index contributed by atoms with van der Waals surface area (Å²) in [7, 11) is 0. The summed E-state index contributed by atoms with van der Waals surface area (Å²) in [6, 6.07) is 67.4. The fraction of sp³-hybridized carbons (Fsp3) is 0.0169. The first-order valence-corrected chi connectivity index (χ1v) is 22.5. The van der Waals surface area contributed by atoms with Crippen molar-refractivity contribution in [3.63, 3.8) is 0 Å². The summed E-state index contributed by atoms with van der Waals surface area (Å²) >= 11 is 3.80. The van der Waals surface area contributed by atoms with E-state index >= 15 is 0 Å². The number of benzene rings is 10. The molecule has 0 saturated heterocycles. The van der Waals surface area contributed by atoms with Gasteiger partial charge in [0.05, 0.1) is 0 Å². The van der Waals surface area contributed by atoms with Crippen LogP contribution < -0.4 is 0 Å². The van der Waals surface area contributed by atoms with Gasteiger partial charge in [-0.15, -0.1) is 22.7 Å². The lowest BCUT2D eigenvalue weighted by Crippen LogP contribution is -1.96. The molecule has 2 heterocycles. The van der Waals surface area contributed by atoms with E-state index in [1.807, 2.05) is 28.7 Å². The number of rotatable bonds is 6. The van der Waals surface area contributed by atoms with Gasteiger partial charge in [-0.3, -0.25) is 0 Å². The molecule has 12 rings (SSSR count). The first-order valence-electron chi connectivity index (χ1n) is 20.9. The molecule has 61 heavy (non-hydrogen) atoms. The van der Waals surface area contributed by atoms with Crippen LogP contribution in [-0.2, 0) is 0 Å². The van der Waals surface area contributed by atoms with E-state index in [1.165, 1.54) is 128 Å². The molecule has 286 valence electrons. The number of allylic oxidation sites excluding steroid dienone is 2. The van der Waals surface area contributed by atoms with E-state index < -0.39 is 0 Å². The molecule has 0 aliphatic rings. The summed E-state index contributed by atoms with van der Waals surface area (Å²) in [6.45, 7) is 6.41. The van der Waals surface area contributed by atoms with Crippen molar-refractivity contribution in [3.8, 4) is 44.5 Å². The van der Waals surface area contributed by atoms with E-state index in [-0.39, 0.29) is 0 Å². The monoisotopic (exact) mass is 810 g/mol. The van der Waals surface area contributed by atoms with Crippen molar-refractivity contribution in [2.45, 2.75) is 6.92 Å². The fourth-order valence-corrected chi connectivity index (χ4v) is 12.5. The zero-order chi connectivity index (χ0) is 40.6. The Labute approximate surface area is 362 Å². The third kappa shape index (κ3) is 5.50. The number of hydrogen-bond acceptors (Lipinski definition) is 2. The van der Waals surface area contributed by atoms with Crippen LogP contribution in [0.1, 0.15) is 11.1 Å². The van der Waals surface area contributed by atoms with Crippen molar-refractivity contribution in [3.05, 3.63) is 212 Å². The van der Waals surface area contributed by atoms with Gasteiger partial charge in [0, 0.05) is 51.5 Å². The Morgan fingerprint density at radius 1 is 0.377 bits per heavy atom. The SMILES string of the molecule is C=C/C=C\c1c(C)c(-c2cccc3c2sc2ccc(-c4c5ccccc5c(-c5ccccc5)c5ccccc45)cc23)c2ccccc2c1-c1cccc2c1sc1ccccc12. The van der Waals surface area contributed by atoms with Crippen LogP contribution in [0.3, 0.4) is 0 Å². The van der Waals surface area contributed by atoms with Gasteiger partial charge in [-0.2, -0.15) is 0 Å². The molecule has 0 nitrogen and oxygen atoms in total. The number of hydrogen-bond donors (Lipinski definition) is 0. The second-order valence-corrected chi connectivity index (χ2v) is 18.0. The van der Waals surface area contributed by atoms with Crippen LogP contribution >= 0.6 is 22.7 Å². The van der Waals surface area contributed by atoms with Crippen LogP contribution in [0, 0.1) is 6.92 Å². The Bertz CT molecular complexity index is 3720. The van der Waals surface area contributed by atoms with Crippen LogP contribution in [0.15, 0.2) is 201 Å². The van der Waals surface area contributed by atoms with E-state index in [4.69, 9.17) is 0 Å². The van der Waals surface area contributed by atoms with E-state index in [0.717, 1.165) is 0 Å². The van der Waals surface area contributed by atoms with Crippen LogP contribution in [0.2, 0.25) is 0 Å². The predicted octanol–water partition coefficient (Wildman–Crippen LogP) is 18.1. The van der Waals surface area contributed by atoms with Crippen molar-refractivity contribution in [1.29, 1.82) is 0 Å². The van der Waals surface area contributed by atoms with Gasteiger partial charge in [0.15, 0.2) is 0 Å². The standard InChI is InChI=1S/C59H38S2/c1-3-4-20-39-36(2)54(41-22-8-13-27-46(41)57(39)50-31-16-28-47-40-21-14-15-32-52(40)60-58(47)50)49-30-17-29-48-51-35-38(33-34-53(51)61-59(48)49)56-44-25-11-9-23-42(44)55(37-18-6-5-7-19-37)43-24-10-12-26-45(43)56/h3-35H,1H2,2H3/b20-4-. The molecule has 10 aromatic carbocycles. The summed E-state index contributed by atoms with van der Waals surface area (Å²) in [5.41, 5.74) is 12.7. The number of fused-ring (bicyclic) bond motifs is 9. The van der Waals surface area contributed by atoms with Gasteiger partial charge < -0.3 is 0 Å². The molecule has 0 fully saturated rings. The molecule has 0 amide bonds. The molecule has 0 saturated carbocycles. The third-order valence-corrected chi connectivity index (χ3v) is 15.1. The molecule has 0 aliphatic heterocycles. The smallest absolute Gasteiger partial charge is 0.0434 e. The normalized spacial score (nSPS) is 12.0. The molecule has 0 aliphatic carbocycles. The first-order chi connectivity index (χ1) is 30.2.